The molecule has 3 rings (SSSR count). The minimum absolute atomic E-state index is 0.0391. The fourth-order valence-electron chi connectivity index (χ4n) is 2.89. The molecule has 6 heteroatoms. The van der Waals surface area contributed by atoms with Gasteiger partial charge < -0.3 is 5.32 Å². The number of carbonyl (C=O) groups excluding carboxylic acids is 1. The maximum Gasteiger partial charge on any atom is 0.269 e. The second-order valence-corrected chi connectivity index (χ2v) is 5.02. The molecule has 1 N–H and O–H groups in total. The van der Waals surface area contributed by atoms with Crippen molar-refractivity contribution in [2.45, 2.75) is 25.3 Å². The number of amides is 1. The number of non-ortho nitro benzene ring substituents is 1. The van der Waals surface area contributed by atoms with E-state index in [1.54, 1.807) is 6.07 Å². The fourth-order valence-corrected chi connectivity index (χ4v) is 2.89. The van der Waals surface area contributed by atoms with Gasteiger partial charge in [-0.2, -0.15) is 0 Å². The number of nitro groups is 1. The van der Waals surface area contributed by atoms with Crippen LogP contribution in [-0.4, -0.2) is 28.8 Å². The highest BCUT2D eigenvalue weighted by molar-refractivity contribution is 6.02. The zero-order valence-electron chi connectivity index (χ0n) is 10.5. The predicted molar refractivity (Wildman–Crippen MR) is 69.9 cm³/mol. The Balaban J connectivity index is 1.96. The van der Waals surface area contributed by atoms with Crippen LogP contribution in [0.3, 0.4) is 0 Å². The zero-order valence-corrected chi connectivity index (χ0v) is 10.5. The number of piperidine rings is 1. The van der Waals surface area contributed by atoms with E-state index in [2.05, 4.69) is 10.2 Å². The van der Waals surface area contributed by atoms with Crippen molar-refractivity contribution < 1.29 is 9.72 Å². The lowest BCUT2D eigenvalue weighted by molar-refractivity contribution is -0.384. The number of nitro benzene ring substituents is 1. The minimum Gasteiger partial charge on any atom is -0.324 e. The van der Waals surface area contributed by atoms with Crippen LogP contribution in [-0.2, 0) is 4.79 Å². The smallest absolute Gasteiger partial charge is 0.269 e. The van der Waals surface area contributed by atoms with Gasteiger partial charge in [-0.05, 0) is 32.0 Å². The Morgan fingerprint density at radius 1 is 1.26 bits per heavy atom. The molecule has 1 atom stereocenters. The summed E-state index contributed by atoms with van der Waals surface area (Å²) in [6, 6.07) is 4.20. The normalized spacial score (nSPS) is 22.9. The van der Waals surface area contributed by atoms with E-state index in [1.807, 2.05) is 0 Å². The molecular weight excluding hydrogens is 246 g/mol. The minimum atomic E-state index is -0.420. The molecule has 1 fully saturated rings. The second kappa shape index (κ2) is 4.62. The van der Waals surface area contributed by atoms with Gasteiger partial charge in [0.05, 0.1) is 4.92 Å². The van der Waals surface area contributed by atoms with Crippen LogP contribution in [0.2, 0.25) is 0 Å². The van der Waals surface area contributed by atoms with E-state index in [1.165, 1.54) is 18.6 Å². The quantitative estimate of drug-likeness (QED) is 0.653. The molecule has 0 radical (unpaired) electrons. The number of hydrogen-bond acceptors (Lipinski definition) is 4. The van der Waals surface area contributed by atoms with Crippen molar-refractivity contribution >= 4 is 17.3 Å². The molecule has 1 aromatic rings. The summed E-state index contributed by atoms with van der Waals surface area (Å²) in [6.45, 7) is 1.75. The van der Waals surface area contributed by atoms with E-state index >= 15 is 0 Å². The second-order valence-electron chi connectivity index (χ2n) is 5.02. The lowest BCUT2D eigenvalue weighted by Gasteiger charge is -2.30. The molecule has 0 spiro atoms. The van der Waals surface area contributed by atoms with Gasteiger partial charge in [-0.15, -0.1) is 0 Å². The van der Waals surface area contributed by atoms with Crippen molar-refractivity contribution in [1.82, 2.24) is 4.90 Å². The molecule has 0 saturated carbocycles. The van der Waals surface area contributed by atoms with Gasteiger partial charge in [0, 0.05) is 23.4 Å². The Kier molecular flexibility index (Phi) is 2.94. The molecule has 2 heterocycles. The monoisotopic (exact) mass is 261 g/mol. The lowest BCUT2D eigenvalue weighted by atomic mass is 10.0. The average Bonchev–Trinajstić information content (AvgIpc) is 2.74. The first kappa shape index (κ1) is 12.1. The molecule has 1 unspecified atom stereocenters. The first-order valence-corrected chi connectivity index (χ1v) is 6.50. The Morgan fingerprint density at radius 2 is 2.00 bits per heavy atom. The van der Waals surface area contributed by atoms with Crippen LogP contribution in [0.5, 0.6) is 0 Å². The summed E-state index contributed by atoms with van der Waals surface area (Å²) in [5.41, 5.74) is 1.48. The van der Waals surface area contributed by atoms with Crippen LogP contribution in [0, 0.1) is 10.1 Å². The maximum absolute atomic E-state index is 12.1. The number of benzene rings is 1. The highest BCUT2D eigenvalue weighted by Gasteiger charge is 2.36. The topological polar surface area (TPSA) is 75.5 Å². The summed E-state index contributed by atoms with van der Waals surface area (Å²) >= 11 is 0. The molecule has 1 amide bonds. The van der Waals surface area contributed by atoms with E-state index in [9.17, 15) is 14.9 Å². The van der Waals surface area contributed by atoms with Crippen molar-refractivity contribution in [2.24, 2.45) is 0 Å². The largest absolute Gasteiger partial charge is 0.324 e. The molecule has 6 nitrogen and oxygen atoms in total. The predicted octanol–water partition coefficient (Wildman–Crippen LogP) is 2.07. The molecule has 19 heavy (non-hydrogen) atoms. The summed E-state index contributed by atoms with van der Waals surface area (Å²) in [7, 11) is 0. The average molecular weight is 261 g/mol. The van der Waals surface area contributed by atoms with Crippen LogP contribution < -0.4 is 5.32 Å². The van der Waals surface area contributed by atoms with Crippen LogP contribution in [0.4, 0.5) is 11.4 Å². The third-order valence-corrected chi connectivity index (χ3v) is 3.80. The molecule has 1 saturated heterocycles. The van der Waals surface area contributed by atoms with Crippen molar-refractivity contribution in [1.29, 1.82) is 0 Å². The lowest BCUT2D eigenvalue weighted by Crippen LogP contribution is -2.37. The first-order chi connectivity index (χ1) is 9.16. The number of carbonyl (C=O) groups is 1. The highest BCUT2D eigenvalue weighted by atomic mass is 16.6. The molecule has 0 bridgehead atoms. The highest BCUT2D eigenvalue weighted by Crippen LogP contribution is 2.38. The third-order valence-electron chi connectivity index (χ3n) is 3.80. The molecule has 100 valence electrons. The van der Waals surface area contributed by atoms with Gasteiger partial charge in [0.15, 0.2) is 0 Å². The molecular formula is C13H15N3O3. The van der Waals surface area contributed by atoms with E-state index in [-0.39, 0.29) is 17.6 Å². The first-order valence-electron chi connectivity index (χ1n) is 6.50. The van der Waals surface area contributed by atoms with Crippen molar-refractivity contribution in [3.05, 3.63) is 33.9 Å². The number of hydrogen-bond donors (Lipinski definition) is 1. The van der Waals surface area contributed by atoms with Gasteiger partial charge in [-0.25, -0.2) is 0 Å². The number of rotatable bonds is 2. The number of likely N-dealkylation sites (tertiary alicyclic amines) is 1. The van der Waals surface area contributed by atoms with E-state index in [4.69, 9.17) is 0 Å². The Bertz CT molecular complexity index is 538. The molecule has 2 aliphatic rings. The number of anilines is 1. The molecule has 1 aromatic carbocycles. The van der Waals surface area contributed by atoms with Crippen molar-refractivity contribution in [3.63, 3.8) is 0 Å². The van der Waals surface area contributed by atoms with Crippen LogP contribution in [0.25, 0.3) is 0 Å². The third kappa shape index (κ3) is 2.08. The zero-order chi connectivity index (χ0) is 13.4. The van der Waals surface area contributed by atoms with E-state index in [0.717, 1.165) is 31.5 Å². The van der Waals surface area contributed by atoms with Gasteiger partial charge in [0.25, 0.3) is 5.69 Å². The standard InChI is InChI=1S/C13H15N3O3/c17-13-12(15-6-2-1-3-7-15)10-8-9(16(18)19)4-5-11(10)14-13/h4-5,8,12H,1-3,6-7H2,(H,14,17). The summed E-state index contributed by atoms with van der Waals surface area (Å²) in [4.78, 5) is 24.6. The van der Waals surface area contributed by atoms with Gasteiger partial charge in [0.1, 0.15) is 6.04 Å². The molecule has 0 aromatic heterocycles. The SMILES string of the molecule is O=C1Nc2ccc([N+](=O)[O-])cc2C1N1CCCCC1. The maximum atomic E-state index is 12.1. The summed E-state index contributed by atoms with van der Waals surface area (Å²) in [5, 5.41) is 13.7. The van der Waals surface area contributed by atoms with Gasteiger partial charge >= 0.3 is 0 Å². The van der Waals surface area contributed by atoms with Crippen LogP contribution >= 0.6 is 0 Å². The Hall–Kier alpha value is -1.95. The van der Waals surface area contributed by atoms with E-state index in [0.29, 0.717) is 5.69 Å². The summed E-state index contributed by atoms with van der Waals surface area (Å²) in [5.74, 6) is -0.0719. The van der Waals surface area contributed by atoms with Crippen molar-refractivity contribution in [3.8, 4) is 0 Å². The number of nitrogens with zero attached hydrogens (tertiary/aromatic N) is 2. The van der Waals surface area contributed by atoms with Crippen molar-refractivity contribution in [2.75, 3.05) is 18.4 Å². The van der Waals surface area contributed by atoms with E-state index < -0.39 is 4.92 Å². The van der Waals surface area contributed by atoms with Gasteiger partial charge in [-0.3, -0.25) is 19.8 Å². The summed E-state index contributed by atoms with van der Waals surface area (Å²) in [6.07, 6.45) is 3.34. The van der Waals surface area contributed by atoms with Gasteiger partial charge in [-0.1, -0.05) is 6.42 Å². The fraction of sp³-hybridized carbons (Fsp3) is 0.462. The number of nitrogens with one attached hydrogen (secondary N) is 1. The van der Waals surface area contributed by atoms with Gasteiger partial charge in [0.2, 0.25) is 5.91 Å². The molecule has 0 aliphatic carbocycles. The Morgan fingerprint density at radius 3 is 2.68 bits per heavy atom. The van der Waals surface area contributed by atoms with Crippen LogP contribution in [0.1, 0.15) is 30.9 Å². The summed E-state index contributed by atoms with van der Waals surface area (Å²) < 4.78 is 0. The Labute approximate surface area is 110 Å². The number of fused-ring (bicyclic) bond motifs is 1. The molecule has 2 aliphatic heterocycles. The van der Waals surface area contributed by atoms with Crippen LogP contribution in [0.15, 0.2) is 18.2 Å².